The predicted molar refractivity (Wildman–Crippen MR) is 71.5 cm³/mol. The molecule has 0 aromatic heterocycles. The average Bonchev–Trinajstić information content (AvgIpc) is 2.38. The standard InChI is InChI=1S/C13H16ClNO4/c1-15(8-6-13(17)18)12(16)7-9-19-11-5-3-2-4-10(11)14/h2-5H,6-9H2,1H3,(H,17,18). The number of halogens is 1. The molecule has 0 saturated heterocycles. The quantitative estimate of drug-likeness (QED) is 0.832. The highest BCUT2D eigenvalue weighted by atomic mass is 35.5. The van der Waals surface area contributed by atoms with Gasteiger partial charge in [0.05, 0.1) is 24.5 Å². The zero-order valence-corrected chi connectivity index (χ0v) is 11.4. The van der Waals surface area contributed by atoms with Crippen LogP contribution in [0.1, 0.15) is 12.8 Å². The first-order valence-electron chi connectivity index (χ1n) is 5.84. The highest BCUT2D eigenvalue weighted by Gasteiger charge is 2.10. The lowest BCUT2D eigenvalue weighted by molar-refractivity contribution is -0.138. The van der Waals surface area contributed by atoms with Crippen LogP contribution in [-0.4, -0.2) is 42.1 Å². The van der Waals surface area contributed by atoms with E-state index in [2.05, 4.69) is 0 Å². The maximum absolute atomic E-state index is 11.7. The molecule has 19 heavy (non-hydrogen) atoms. The van der Waals surface area contributed by atoms with E-state index in [0.717, 1.165) is 0 Å². The largest absolute Gasteiger partial charge is 0.491 e. The van der Waals surface area contributed by atoms with Crippen molar-refractivity contribution in [1.29, 1.82) is 0 Å². The van der Waals surface area contributed by atoms with Gasteiger partial charge in [-0.25, -0.2) is 0 Å². The first-order chi connectivity index (χ1) is 9.00. The van der Waals surface area contributed by atoms with Crippen LogP contribution in [0.15, 0.2) is 24.3 Å². The Balaban J connectivity index is 2.31. The second kappa shape index (κ2) is 7.63. The molecule has 0 radical (unpaired) electrons. The third-order valence-corrected chi connectivity index (χ3v) is 2.81. The van der Waals surface area contributed by atoms with Gasteiger partial charge < -0.3 is 14.7 Å². The summed E-state index contributed by atoms with van der Waals surface area (Å²) in [4.78, 5) is 23.4. The molecule has 1 rings (SSSR count). The Morgan fingerprint density at radius 2 is 2.00 bits per heavy atom. The van der Waals surface area contributed by atoms with E-state index < -0.39 is 5.97 Å². The van der Waals surface area contributed by atoms with Gasteiger partial charge in [-0.2, -0.15) is 0 Å². The zero-order valence-electron chi connectivity index (χ0n) is 10.6. The number of carboxylic acid groups (broad SMARTS) is 1. The molecular weight excluding hydrogens is 270 g/mol. The van der Waals surface area contributed by atoms with Crippen molar-refractivity contribution in [2.45, 2.75) is 12.8 Å². The van der Waals surface area contributed by atoms with Gasteiger partial charge in [-0.1, -0.05) is 23.7 Å². The monoisotopic (exact) mass is 285 g/mol. The maximum Gasteiger partial charge on any atom is 0.305 e. The smallest absolute Gasteiger partial charge is 0.305 e. The third-order valence-electron chi connectivity index (χ3n) is 2.50. The van der Waals surface area contributed by atoms with Gasteiger partial charge in [-0.3, -0.25) is 9.59 Å². The topological polar surface area (TPSA) is 66.8 Å². The van der Waals surface area contributed by atoms with Crippen molar-refractivity contribution in [3.8, 4) is 5.75 Å². The molecule has 0 heterocycles. The third kappa shape index (κ3) is 5.61. The zero-order chi connectivity index (χ0) is 14.3. The molecule has 6 heteroatoms. The summed E-state index contributed by atoms with van der Waals surface area (Å²) in [6.07, 6.45) is 0.120. The number of carboxylic acids is 1. The number of amides is 1. The van der Waals surface area contributed by atoms with E-state index in [1.165, 1.54) is 4.90 Å². The van der Waals surface area contributed by atoms with Gasteiger partial charge in [0.2, 0.25) is 5.91 Å². The lowest BCUT2D eigenvalue weighted by Crippen LogP contribution is -2.30. The maximum atomic E-state index is 11.7. The number of carbonyl (C=O) groups is 2. The van der Waals surface area contributed by atoms with E-state index in [9.17, 15) is 9.59 Å². The number of carbonyl (C=O) groups excluding carboxylic acids is 1. The summed E-state index contributed by atoms with van der Waals surface area (Å²) in [6.45, 7) is 0.403. The molecule has 1 aromatic carbocycles. The minimum atomic E-state index is -0.924. The van der Waals surface area contributed by atoms with Gasteiger partial charge in [-0.05, 0) is 12.1 Å². The Kier molecular flexibility index (Phi) is 6.15. The predicted octanol–water partition coefficient (Wildman–Crippen LogP) is 2.04. The fourth-order valence-corrected chi connectivity index (χ4v) is 1.58. The van der Waals surface area contributed by atoms with Crippen LogP contribution < -0.4 is 4.74 Å². The Labute approximate surface area is 116 Å². The summed E-state index contributed by atoms with van der Waals surface area (Å²) in [7, 11) is 1.57. The Bertz CT molecular complexity index is 450. The Morgan fingerprint density at radius 3 is 2.63 bits per heavy atom. The van der Waals surface area contributed by atoms with Crippen molar-refractivity contribution in [3.63, 3.8) is 0 Å². The van der Waals surface area contributed by atoms with Crippen molar-refractivity contribution in [2.75, 3.05) is 20.2 Å². The second-order valence-electron chi connectivity index (χ2n) is 3.99. The number of hydrogen-bond donors (Lipinski definition) is 1. The first-order valence-corrected chi connectivity index (χ1v) is 6.21. The number of hydrogen-bond acceptors (Lipinski definition) is 3. The average molecular weight is 286 g/mol. The summed E-state index contributed by atoms with van der Waals surface area (Å²) in [6, 6.07) is 7.01. The molecule has 0 spiro atoms. The Hall–Kier alpha value is -1.75. The van der Waals surface area contributed by atoms with E-state index in [4.69, 9.17) is 21.4 Å². The SMILES string of the molecule is CN(CCC(=O)O)C(=O)CCOc1ccccc1Cl. The number of nitrogens with zero attached hydrogens (tertiary/aromatic N) is 1. The molecule has 0 saturated carbocycles. The lowest BCUT2D eigenvalue weighted by atomic mass is 10.3. The molecule has 1 aromatic rings. The molecule has 1 amide bonds. The number of benzene rings is 1. The molecule has 104 valence electrons. The summed E-state index contributed by atoms with van der Waals surface area (Å²) in [5, 5.41) is 9.02. The van der Waals surface area contributed by atoms with Gasteiger partial charge in [0.1, 0.15) is 5.75 Å². The molecule has 0 aliphatic heterocycles. The summed E-state index contributed by atoms with van der Waals surface area (Å²) in [5.74, 6) is -0.551. The molecule has 0 aliphatic carbocycles. The van der Waals surface area contributed by atoms with Crippen LogP contribution in [0.3, 0.4) is 0 Å². The highest BCUT2D eigenvalue weighted by molar-refractivity contribution is 6.32. The molecule has 0 unspecified atom stereocenters. The van der Waals surface area contributed by atoms with E-state index in [0.29, 0.717) is 10.8 Å². The summed E-state index contributed by atoms with van der Waals surface area (Å²) in [5.41, 5.74) is 0. The molecule has 0 fully saturated rings. The van der Waals surface area contributed by atoms with E-state index in [-0.39, 0.29) is 31.9 Å². The van der Waals surface area contributed by atoms with Crippen LogP contribution in [0, 0.1) is 0 Å². The highest BCUT2D eigenvalue weighted by Crippen LogP contribution is 2.23. The van der Waals surface area contributed by atoms with Gasteiger partial charge in [0.15, 0.2) is 0 Å². The molecule has 0 bridgehead atoms. The van der Waals surface area contributed by atoms with Gasteiger partial charge >= 0.3 is 5.97 Å². The molecule has 1 N–H and O–H groups in total. The van der Waals surface area contributed by atoms with Gasteiger partial charge in [-0.15, -0.1) is 0 Å². The van der Waals surface area contributed by atoms with Crippen LogP contribution in [0.25, 0.3) is 0 Å². The van der Waals surface area contributed by atoms with Crippen molar-refractivity contribution in [1.82, 2.24) is 4.90 Å². The summed E-state index contributed by atoms with van der Waals surface area (Å²) >= 11 is 5.90. The van der Waals surface area contributed by atoms with Crippen LogP contribution in [-0.2, 0) is 9.59 Å². The van der Waals surface area contributed by atoms with Crippen LogP contribution in [0.5, 0.6) is 5.75 Å². The fraction of sp³-hybridized carbons (Fsp3) is 0.385. The van der Waals surface area contributed by atoms with Gasteiger partial charge in [0, 0.05) is 13.6 Å². The molecule has 0 atom stereocenters. The van der Waals surface area contributed by atoms with E-state index in [1.54, 1.807) is 31.3 Å². The van der Waals surface area contributed by atoms with E-state index >= 15 is 0 Å². The summed E-state index contributed by atoms with van der Waals surface area (Å²) < 4.78 is 5.39. The van der Waals surface area contributed by atoms with Crippen molar-refractivity contribution in [3.05, 3.63) is 29.3 Å². The van der Waals surface area contributed by atoms with Crippen molar-refractivity contribution in [2.24, 2.45) is 0 Å². The molecular formula is C13H16ClNO4. The van der Waals surface area contributed by atoms with Crippen LogP contribution in [0.2, 0.25) is 5.02 Å². The fourth-order valence-electron chi connectivity index (χ4n) is 1.39. The van der Waals surface area contributed by atoms with E-state index in [1.807, 2.05) is 0 Å². The van der Waals surface area contributed by atoms with Crippen molar-refractivity contribution < 1.29 is 19.4 Å². The lowest BCUT2D eigenvalue weighted by Gasteiger charge is -2.16. The normalized spacial score (nSPS) is 10.0. The molecule has 5 nitrogen and oxygen atoms in total. The van der Waals surface area contributed by atoms with Crippen LogP contribution in [0.4, 0.5) is 0 Å². The first kappa shape index (κ1) is 15.3. The minimum absolute atomic E-state index is 0.0619. The number of ether oxygens (including phenoxy) is 1. The van der Waals surface area contributed by atoms with Gasteiger partial charge in [0.25, 0.3) is 0 Å². The molecule has 0 aliphatic rings. The van der Waals surface area contributed by atoms with Crippen molar-refractivity contribution >= 4 is 23.5 Å². The minimum Gasteiger partial charge on any atom is -0.491 e. The number of aliphatic carboxylic acids is 1. The Morgan fingerprint density at radius 1 is 1.32 bits per heavy atom. The number of rotatable bonds is 7. The second-order valence-corrected chi connectivity index (χ2v) is 4.40. The number of para-hydroxylation sites is 1. The van der Waals surface area contributed by atoms with Crippen LogP contribution >= 0.6 is 11.6 Å².